The Labute approximate surface area is 110 Å². The molecular formula is C11H25NO5Si. The van der Waals surface area contributed by atoms with Crippen molar-refractivity contribution in [2.45, 2.75) is 32.4 Å². The zero-order valence-electron chi connectivity index (χ0n) is 11.9. The highest BCUT2D eigenvalue weighted by Crippen LogP contribution is 2.14. The van der Waals surface area contributed by atoms with Gasteiger partial charge in [-0.25, -0.2) is 0 Å². The quantitative estimate of drug-likeness (QED) is 0.458. The lowest BCUT2D eigenvalue weighted by Gasteiger charge is -2.25. The number of carboxylic acids is 1. The van der Waals surface area contributed by atoms with E-state index in [1.54, 1.807) is 21.3 Å². The Morgan fingerprint density at radius 1 is 1.22 bits per heavy atom. The first-order chi connectivity index (χ1) is 8.42. The molecule has 0 saturated carbocycles. The summed E-state index contributed by atoms with van der Waals surface area (Å²) in [5.74, 6) is -0.768. The smallest absolute Gasteiger partial charge is 0.480 e. The van der Waals surface area contributed by atoms with Gasteiger partial charge in [0.2, 0.25) is 0 Å². The van der Waals surface area contributed by atoms with Crippen LogP contribution >= 0.6 is 0 Å². The third kappa shape index (κ3) is 5.45. The molecule has 0 fully saturated rings. The van der Waals surface area contributed by atoms with Gasteiger partial charge in [-0.15, -0.1) is 0 Å². The molecule has 0 radical (unpaired) electrons. The zero-order chi connectivity index (χ0) is 14.2. The maximum Gasteiger partial charge on any atom is 0.500 e. The van der Waals surface area contributed by atoms with E-state index in [9.17, 15) is 4.79 Å². The van der Waals surface area contributed by atoms with Gasteiger partial charge < -0.3 is 23.7 Å². The summed E-state index contributed by atoms with van der Waals surface area (Å²) in [4.78, 5) is 11.0. The van der Waals surface area contributed by atoms with Crippen LogP contribution in [0, 0.1) is 5.92 Å². The number of rotatable bonds is 10. The van der Waals surface area contributed by atoms with E-state index in [1.807, 2.05) is 13.8 Å². The van der Waals surface area contributed by atoms with E-state index in [1.165, 1.54) is 0 Å². The molecule has 108 valence electrons. The van der Waals surface area contributed by atoms with Crippen LogP contribution in [0.15, 0.2) is 0 Å². The minimum absolute atomic E-state index is 0.0526. The van der Waals surface area contributed by atoms with Crippen LogP contribution in [0.5, 0.6) is 0 Å². The Kier molecular flexibility index (Phi) is 8.37. The average molecular weight is 279 g/mol. The molecule has 0 saturated heterocycles. The van der Waals surface area contributed by atoms with E-state index in [4.69, 9.17) is 18.4 Å². The molecule has 0 heterocycles. The summed E-state index contributed by atoms with van der Waals surface area (Å²) in [7, 11) is 2.18. The number of hydrogen-bond donors (Lipinski definition) is 2. The molecule has 0 rings (SSSR count). The first kappa shape index (κ1) is 17.5. The van der Waals surface area contributed by atoms with Gasteiger partial charge in [0.05, 0.1) is 0 Å². The van der Waals surface area contributed by atoms with E-state index in [2.05, 4.69) is 5.32 Å². The summed E-state index contributed by atoms with van der Waals surface area (Å²) in [6, 6.07) is 0.141. The van der Waals surface area contributed by atoms with Crippen molar-refractivity contribution in [3.63, 3.8) is 0 Å². The van der Waals surface area contributed by atoms with Crippen molar-refractivity contribution >= 4 is 14.8 Å². The molecule has 0 aliphatic rings. The maximum absolute atomic E-state index is 11.0. The Hall–Kier alpha value is -0.473. The number of aliphatic carboxylic acids is 1. The second-order valence-corrected chi connectivity index (χ2v) is 7.50. The molecule has 0 bridgehead atoms. The van der Waals surface area contributed by atoms with E-state index in [-0.39, 0.29) is 5.92 Å². The first-order valence-electron chi connectivity index (χ1n) is 6.04. The topological polar surface area (TPSA) is 77.0 Å². The standard InChI is InChI=1S/C11H25NO5Si/c1-9(2)10(11(13)14)12-7-6-8-18(15-3,16-4)17-5/h9-10,12H,6-8H2,1-5H3,(H,13,14)/t10-/m0/s1. The fourth-order valence-electron chi connectivity index (χ4n) is 1.73. The molecule has 0 unspecified atom stereocenters. The Balaban J connectivity index is 4.07. The van der Waals surface area contributed by atoms with Crippen molar-refractivity contribution in [1.82, 2.24) is 5.32 Å². The van der Waals surface area contributed by atoms with Gasteiger partial charge in [0.15, 0.2) is 0 Å². The summed E-state index contributed by atoms with van der Waals surface area (Å²) in [5, 5.41) is 12.0. The molecule has 0 aliphatic carbocycles. The number of nitrogens with one attached hydrogen (secondary N) is 1. The normalized spacial score (nSPS) is 13.9. The van der Waals surface area contributed by atoms with Crippen LogP contribution in [-0.4, -0.2) is 53.8 Å². The third-order valence-electron chi connectivity index (χ3n) is 2.89. The highest BCUT2D eigenvalue weighted by Gasteiger charge is 2.36. The van der Waals surface area contributed by atoms with Crippen molar-refractivity contribution < 1.29 is 23.2 Å². The molecule has 2 N–H and O–H groups in total. The maximum atomic E-state index is 11.0. The summed E-state index contributed by atoms with van der Waals surface area (Å²) in [6.07, 6.45) is 0.748. The molecule has 0 aliphatic heterocycles. The number of carboxylic acid groups (broad SMARTS) is 1. The Morgan fingerprint density at radius 3 is 2.06 bits per heavy atom. The summed E-state index contributed by atoms with van der Waals surface area (Å²) >= 11 is 0. The van der Waals surface area contributed by atoms with Crippen LogP contribution in [-0.2, 0) is 18.1 Å². The summed E-state index contributed by atoms with van der Waals surface area (Å²) in [6.45, 7) is 4.36. The van der Waals surface area contributed by atoms with Gasteiger partial charge in [-0.3, -0.25) is 4.79 Å². The van der Waals surface area contributed by atoms with Crippen molar-refractivity contribution in [2.24, 2.45) is 5.92 Å². The van der Waals surface area contributed by atoms with Gasteiger partial charge in [-0.1, -0.05) is 13.8 Å². The van der Waals surface area contributed by atoms with E-state index < -0.39 is 20.8 Å². The summed E-state index contributed by atoms with van der Waals surface area (Å²) < 4.78 is 15.9. The Morgan fingerprint density at radius 2 is 1.72 bits per heavy atom. The fourth-order valence-corrected chi connectivity index (χ4v) is 3.45. The van der Waals surface area contributed by atoms with Crippen LogP contribution < -0.4 is 5.32 Å². The average Bonchev–Trinajstić information content (AvgIpc) is 2.33. The van der Waals surface area contributed by atoms with Crippen molar-refractivity contribution in [3.8, 4) is 0 Å². The first-order valence-corrected chi connectivity index (χ1v) is 7.97. The third-order valence-corrected chi connectivity index (χ3v) is 5.72. The van der Waals surface area contributed by atoms with Gasteiger partial charge in [0.25, 0.3) is 0 Å². The second-order valence-electron chi connectivity index (χ2n) is 4.41. The highest BCUT2D eigenvalue weighted by atomic mass is 28.4. The van der Waals surface area contributed by atoms with Crippen LogP contribution in [0.3, 0.4) is 0 Å². The van der Waals surface area contributed by atoms with Crippen molar-refractivity contribution in [2.75, 3.05) is 27.9 Å². The van der Waals surface area contributed by atoms with Gasteiger partial charge in [-0.05, 0) is 18.9 Å². The number of hydrogen-bond acceptors (Lipinski definition) is 5. The predicted octanol–water partition coefficient (Wildman–Crippen LogP) is 0.953. The van der Waals surface area contributed by atoms with Gasteiger partial charge in [-0.2, -0.15) is 0 Å². The fraction of sp³-hybridized carbons (Fsp3) is 0.909. The molecule has 7 heteroatoms. The minimum Gasteiger partial charge on any atom is -0.480 e. The minimum atomic E-state index is -2.53. The van der Waals surface area contributed by atoms with Crippen LogP contribution in [0.2, 0.25) is 6.04 Å². The van der Waals surface area contributed by atoms with Crippen LogP contribution in [0.25, 0.3) is 0 Å². The second kappa shape index (κ2) is 8.60. The molecule has 18 heavy (non-hydrogen) atoms. The van der Waals surface area contributed by atoms with E-state index in [0.717, 1.165) is 6.42 Å². The van der Waals surface area contributed by atoms with Crippen molar-refractivity contribution in [1.29, 1.82) is 0 Å². The zero-order valence-corrected chi connectivity index (χ0v) is 12.9. The predicted molar refractivity (Wildman–Crippen MR) is 70.5 cm³/mol. The molecule has 0 amide bonds. The van der Waals surface area contributed by atoms with Crippen LogP contribution in [0.1, 0.15) is 20.3 Å². The number of carbonyl (C=O) groups is 1. The van der Waals surface area contributed by atoms with Gasteiger partial charge in [0, 0.05) is 27.4 Å². The molecule has 0 aromatic heterocycles. The molecule has 0 aromatic carbocycles. The van der Waals surface area contributed by atoms with E-state index in [0.29, 0.717) is 12.6 Å². The lowest BCUT2D eigenvalue weighted by Crippen LogP contribution is -2.45. The van der Waals surface area contributed by atoms with Gasteiger partial charge in [0.1, 0.15) is 6.04 Å². The van der Waals surface area contributed by atoms with Gasteiger partial charge >= 0.3 is 14.8 Å². The van der Waals surface area contributed by atoms with Crippen molar-refractivity contribution in [3.05, 3.63) is 0 Å². The highest BCUT2D eigenvalue weighted by molar-refractivity contribution is 6.60. The molecular weight excluding hydrogens is 254 g/mol. The Bertz CT molecular complexity index is 237. The lowest BCUT2D eigenvalue weighted by molar-refractivity contribution is -0.140. The SMILES string of the molecule is CO[Si](CCCN[C@H](C(=O)O)C(C)C)(OC)OC. The summed E-state index contributed by atoms with van der Waals surface area (Å²) in [5.41, 5.74) is 0. The van der Waals surface area contributed by atoms with Crippen LogP contribution in [0.4, 0.5) is 0 Å². The lowest BCUT2D eigenvalue weighted by atomic mass is 10.1. The van der Waals surface area contributed by atoms with E-state index >= 15 is 0 Å². The molecule has 1 atom stereocenters. The molecule has 0 aromatic rings. The molecule has 0 spiro atoms. The monoisotopic (exact) mass is 279 g/mol. The molecule has 6 nitrogen and oxygen atoms in total. The largest absolute Gasteiger partial charge is 0.500 e.